The van der Waals surface area contributed by atoms with E-state index in [1.165, 1.54) is 29.7 Å². The number of hydrogen-bond acceptors (Lipinski definition) is 2. The molecule has 3 atom stereocenters. The average molecular weight is 289 g/mol. The third-order valence-electron chi connectivity index (χ3n) is 4.77. The molecule has 2 nitrogen and oxygen atoms in total. The summed E-state index contributed by atoms with van der Waals surface area (Å²) in [7, 11) is 0. The zero-order valence-corrected chi connectivity index (χ0v) is 12.9. The van der Waals surface area contributed by atoms with Crippen molar-refractivity contribution in [3.8, 4) is 0 Å². The Bertz CT molecular complexity index is 470. The van der Waals surface area contributed by atoms with E-state index >= 15 is 0 Å². The van der Waals surface area contributed by atoms with Crippen LogP contribution in [0.1, 0.15) is 31.2 Å². The highest BCUT2D eigenvalue weighted by Gasteiger charge is 2.42. The van der Waals surface area contributed by atoms with Gasteiger partial charge in [0.1, 0.15) is 0 Å². The number of thioether (sulfide) groups is 1. The van der Waals surface area contributed by atoms with Crippen LogP contribution in [-0.4, -0.2) is 18.2 Å². The number of carbonyl (C=O) groups is 1. The Balaban J connectivity index is 1.37. The van der Waals surface area contributed by atoms with Gasteiger partial charge < -0.3 is 5.32 Å². The van der Waals surface area contributed by atoms with Crippen molar-refractivity contribution in [1.29, 1.82) is 0 Å². The van der Waals surface area contributed by atoms with E-state index < -0.39 is 0 Å². The van der Waals surface area contributed by atoms with Crippen molar-refractivity contribution in [3.05, 3.63) is 29.8 Å². The van der Waals surface area contributed by atoms with E-state index in [9.17, 15) is 4.79 Å². The van der Waals surface area contributed by atoms with E-state index in [-0.39, 0.29) is 0 Å². The lowest BCUT2D eigenvalue weighted by Crippen LogP contribution is -2.34. The van der Waals surface area contributed by atoms with Crippen LogP contribution in [0, 0.1) is 24.7 Å². The van der Waals surface area contributed by atoms with E-state index in [1.54, 1.807) is 0 Å². The van der Waals surface area contributed by atoms with Gasteiger partial charge in [0.15, 0.2) is 0 Å². The quantitative estimate of drug-likeness (QED) is 0.662. The number of rotatable bonds is 5. The molecule has 1 N–H and O–H groups in total. The van der Waals surface area contributed by atoms with E-state index in [2.05, 4.69) is 36.5 Å². The molecule has 0 saturated heterocycles. The van der Waals surface area contributed by atoms with Crippen molar-refractivity contribution in [1.82, 2.24) is 5.32 Å². The molecule has 108 valence electrons. The van der Waals surface area contributed by atoms with Gasteiger partial charge in [-0.1, -0.05) is 24.1 Å². The highest BCUT2D eigenvalue weighted by atomic mass is 32.2. The molecule has 3 rings (SSSR count). The van der Waals surface area contributed by atoms with Crippen molar-refractivity contribution < 1.29 is 4.79 Å². The minimum absolute atomic E-state index is 0.307. The zero-order chi connectivity index (χ0) is 13.9. The van der Waals surface area contributed by atoms with E-state index in [0.29, 0.717) is 17.7 Å². The van der Waals surface area contributed by atoms with Crippen LogP contribution < -0.4 is 5.32 Å². The van der Waals surface area contributed by atoms with Crippen molar-refractivity contribution in [3.63, 3.8) is 0 Å². The van der Waals surface area contributed by atoms with Crippen LogP contribution in [0.3, 0.4) is 0 Å². The molecule has 0 spiro atoms. The molecule has 20 heavy (non-hydrogen) atoms. The molecule has 2 fully saturated rings. The summed E-state index contributed by atoms with van der Waals surface area (Å²) in [6.45, 7) is 2.88. The van der Waals surface area contributed by atoms with Gasteiger partial charge in [-0.05, 0) is 50.2 Å². The second-order valence-electron chi connectivity index (χ2n) is 6.23. The lowest BCUT2D eigenvalue weighted by atomic mass is 9.88. The van der Waals surface area contributed by atoms with Gasteiger partial charge in [0, 0.05) is 23.1 Å². The van der Waals surface area contributed by atoms with Crippen LogP contribution in [0.2, 0.25) is 0 Å². The minimum Gasteiger partial charge on any atom is -0.355 e. The van der Waals surface area contributed by atoms with Gasteiger partial charge in [-0.15, -0.1) is 11.8 Å². The minimum atomic E-state index is 0.307. The normalized spacial score (nSPS) is 27.8. The van der Waals surface area contributed by atoms with Crippen molar-refractivity contribution in [2.45, 2.75) is 37.5 Å². The third-order valence-corrected chi connectivity index (χ3v) is 5.78. The first-order valence-corrected chi connectivity index (χ1v) is 8.68. The van der Waals surface area contributed by atoms with Crippen LogP contribution in [0.25, 0.3) is 0 Å². The van der Waals surface area contributed by atoms with Crippen LogP contribution in [-0.2, 0) is 4.79 Å². The van der Waals surface area contributed by atoms with Gasteiger partial charge in [0.25, 0.3) is 0 Å². The Hall–Kier alpha value is -0.960. The Labute approximate surface area is 125 Å². The van der Waals surface area contributed by atoms with Gasteiger partial charge in [0.2, 0.25) is 5.91 Å². The number of carbonyl (C=O) groups excluding carboxylic acids is 1. The lowest BCUT2D eigenvalue weighted by Gasteiger charge is -2.20. The molecular weight excluding hydrogens is 266 g/mol. The van der Waals surface area contributed by atoms with E-state index in [4.69, 9.17) is 0 Å². The first-order valence-electron chi connectivity index (χ1n) is 7.69. The van der Waals surface area contributed by atoms with Crippen LogP contribution in [0.15, 0.2) is 29.2 Å². The van der Waals surface area contributed by atoms with E-state index in [0.717, 1.165) is 24.6 Å². The van der Waals surface area contributed by atoms with Gasteiger partial charge >= 0.3 is 0 Å². The zero-order valence-electron chi connectivity index (χ0n) is 12.1. The summed E-state index contributed by atoms with van der Waals surface area (Å²) in [5.74, 6) is 3.11. The highest BCUT2D eigenvalue weighted by Crippen LogP contribution is 2.48. The number of hydrogen-bond donors (Lipinski definition) is 1. The Morgan fingerprint density at radius 2 is 2.05 bits per heavy atom. The highest BCUT2D eigenvalue weighted by molar-refractivity contribution is 7.99. The lowest BCUT2D eigenvalue weighted by molar-refractivity contribution is -0.126. The fourth-order valence-corrected chi connectivity index (χ4v) is 4.44. The molecular formula is C17H23NOS. The standard InChI is InChI=1S/C17H23NOS/c1-12-2-6-15(7-3-12)20-9-8-18-17(19)16-11-13-4-5-14(16)10-13/h2-3,6-7,13-14,16H,4-5,8-11H2,1H3,(H,18,19). The molecule has 3 unspecified atom stereocenters. The summed E-state index contributed by atoms with van der Waals surface area (Å²) in [6.07, 6.45) is 5.08. The largest absolute Gasteiger partial charge is 0.355 e. The maximum Gasteiger partial charge on any atom is 0.223 e. The van der Waals surface area contributed by atoms with Crippen molar-refractivity contribution in [2.75, 3.05) is 12.3 Å². The van der Waals surface area contributed by atoms with Crippen molar-refractivity contribution >= 4 is 17.7 Å². The van der Waals surface area contributed by atoms with Gasteiger partial charge in [-0.3, -0.25) is 4.79 Å². The van der Waals surface area contributed by atoms with Crippen LogP contribution in [0.5, 0.6) is 0 Å². The van der Waals surface area contributed by atoms with E-state index in [1.807, 2.05) is 11.8 Å². The predicted octanol–water partition coefficient (Wildman–Crippen LogP) is 3.64. The first-order chi connectivity index (χ1) is 9.72. The smallest absolute Gasteiger partial charge is 0.223 e. The fourth-order valence-electron chi connectivity index (χ4n) is 3.67. The van der Waals surface area contributed by atoms with Gasteiger partial charge in [-0.25, -0.2) is 0 Å². The number of fused-ring (bicyclic) bond motifs is 2. The first kappa shape index (κ1) is 14.0. The molecule has 0 aliphatic heterocycles. The Kier molecular flexibility index (Phi) is 4.35. The van der Waals surface area contributed by atoms with Crippen LogP contribution in [0.4, 0.5) is 0 Å². The molecule has 0 aromatic heterocycles. The SMILES string of the molecule is Cc1ccc(SCCNC(=O)C2CC3CCC2C3)cc1. The average Bonchev–Trinajstić information content (AvgIpc) is 3.08. The summed E-state index contributed by atoms with van der Waals surface area (Å²) in [6, 6.07) is 8.57. The van der Waals surface area contributed by atoms with Gasteiger partial charge in [-0.2, -0.15) is 0 Å². The number of amides is 1. The Morgan fingerprint density at radius 3 is 2.70 bits per heavy atom. The number of benzene rings is 1. The Morgan fingerprint density at radius 1 is 1.25 bits per heavy atom. The molecule has 2 bridgehead atoms. The molecule has 0 heterocycles. The molecule has 2 aliphatic carbocycles. The third kappa shape index (κ3) is 3.20. The maximum absolute atomic E-state index is 12.2. The number of nitrogens with one attached hydrogen (secondary N) is 1. The predicted molar refractivity (Wildman–Crippen MR) is 83.9 cm³/mol. The van der Waals surface area contributed by atoms with Crippen LogP contribution >= 0.6 is 11.8 Å². The maximum atomic E-state index is 12.2. The van der Waals surface area contributed by atoms with Gasteiger partial charge in [0.05, 0.1) is 0 Å². The second-order valence-corrected chi connectivity index (χ2v) is 7.40. The monoisotopic (exact) mass is 289 g/mol. The molecule has 1 amide bonds. The second kappa shape index (κ2) is 6.21. The molecule has 1 aromatic carbocycles. The summed E-state index contributed by atoms with van der Waals surface area (Å²) in [5, 5.41) is 3.13. The summed E-state index contributed by atoms with van der Waals surface area (Å²) < 4.78 is 0. The topological polar surface area (TPSA) is 29.1 Å². The summed E-state index contributed by atoms with van der Waals surface area (Å²) >= 11 is 1.81. The fraction of sp³-hybridized carbons (Fsp3) is 0.588. The summed E-state index contributed by atoms with van der Waals surface area (Å²) in [4.78, 5) is 13.5. The number of aryl methyl sites for hydroxylation is 1. The summed E-state index contributed by atoms with van der Waals surface area (Å²) in [5.41, 5.74) is 1.29. The molecule has 1 aromatic rings. The van der Waals surface area contributed by atoms with Crippen molar-refractivity contribution in [2.24, 2.45) is 17.8 Å². The molecule has 3 heteroatoms. The molecule has 2 saturated carbocycles. The molecule has 2 aliphatic rings. The molecule has 0 radical (unpaired) electrons.